The average molecular weight is 328 g/mol. The van der Waals surface area contributed by atoms with E-state index in [2.05, 4.69) is 17.0 Å². The van der Waals surface area contributed by atoms with Crippen LogP contribution in [0.4, 0.5) is 5.69 Å². The number of carbonyl (C=O) groups is 2. The zero-order chi connectivity index (χ0) is 16.7. The van der Waals surface area contributed by atoms with Gasteiger partial charge in [0, 0.05) is 31.9 Å². The molecule has 126 valence electrons. The molecule has 1 aromatic carbocycles. The van der Waals surface area contributed by atoms with Crippen LogP contribution in [0, 0.1) is 11.8 Å². The number of nitrogens with zero attached hydrogens (tertiary/aromatic N) is 2. The zero-order valence-corrected chi connectivity index (χ0v) is 13.2. The van der Waals surface area contributed by atoms with E-state index < -0.39 is 30.0 Å². The molecule has 1 amide bonds. The zero-order valence-electron chi connectivity index (χ0n) is 13.2. The van der Waals surface area contributed by atoms with Crippen molar-refractivity contribution in [3.8, 4) is 0 Å². The van der Waals surface area contributed by atoms with Crippen LogP contribution in [0.5, 0.6) is 0 Å². The Labute approximate surface area is 140 Å². The highest BCUT2D eigenvalue weighted by Gasteiger charge is 2.54. The fourth-order valence-electron chi connectivity index (χ4n) is 3.93. The lowest BCUT2D eigenvalue weighted by molar-refractivity contribution is -0.149. The second-order valence-electron chi connectivity index (χ2n) is 6.49. The lowest BCUT2D eigenvalue weighted by Crippen LogP contribution is -2.53. The molecular formula is C18H20N2O4. The summed E-state index contributed by atoms with van der Waals surface area (Å²) in [5, 5.41) is 9.45. The fraction of sp³-hybridized carbons (Fsp3) is 0.444. The molecule has 0 unspecified atom stereocenters. The monoisotopic (exact) mass is 328 g/mol. The van der Waals surface area contributed by atoms with E-state index in [0.29, 0.717) is 13.1 Å². The van der Waals surface area contributed by atoms with E-state index in [1.54, 1.807) is 11.0 Å². The predicted molar refractivity (Wildman–Crippen MR) is 87.7 cm³/mol. The Kier molecular flexibility index (Phi) is 3.76. The molecule has 0 radical (unpaired) electrons. The first-order valence-electron chi connectivity index (χ1n) is 8.30. The summed E-state index contributed by atoms with van der Waals surface area (Å²) >= 11 is 0. The molecule has 6 heteroatoms. The standard InChI is InChI=1S/C18H20N2O4/c21-17(15-13-6-7-14(24-13)16(15)18(22)23)20-10-8-19(9-11-20)12-4-2-1-3-5-12/h1-7,13-16H,8-11H2,(H,22,23)/t13-,14+,15+,16+/m1/s1. The maximum atomic E-state index is 12.9. The van der Waals surface area contributed by atoms with Crippen molar-refractivity contribution in [2.24, 2.45) is 11.8 Å². The van der Waals surface area contributed by atoms with E-state index in [0.717, 1.165) is 18.8 Å². The minimum absolute atomic E-state index is 0.0908. The fourth-order valence-corrected chi connectivity index (χ4v) is 3.93. The maximum Gasteiger partial charge on any atom is 0.310 e. The average Bonchev–Trinajstić information content (AvgIpc) is 3.23. The van der Waals surface area contributed by atoms with E-state index in [9.17, 15) is 14.7 Å². The smallest absolute Gasteiger partial charge is 0.310 e. The second kappa shape index (κ2) is 5.94. The summed E-state index contributed by atoms with van der Waals surface area (Å²) < 4.78 is 5.61. The van der Waals surface area contributed by atoms with Crippen LogP contribution in [-0.2, 0) is 14.3 Å². The molecule has 2 bridgehead atoms. The van der Waals surface area contributed by atoms with Gasteiger partial charge in [-0.3, -0.25) is 9.59 Å². The van der Waals surface area contributed by atoms with Gasteiger partial charge in [-0.15, -0.1) is 0 Å². The number of piperazine rings is 1. The van der Waals surface area contributed by atoms with Crippen LogP contribution in [0.25, 0.3) is 0 Å². The number of carbonyl (C=O) groups excluding carboxylic acids is 1. The first-order valence-corrected chi connectivity index (χ1v) is 8.30. The summed E-state index contributed by atoms with van der Waals surface area (Å²) in [6.45, 7) is 2.73. The first kappa shape index (κ1) is 15.2. The summed E-state index contributed by atoms with van der Waals surface area (Å²) in [6, 6.07) is 10.1. The molecule has 3 heterocycles. The first-order chi connectivity index (χ1) is 11.6. The number of amides is 1. The van der Waals surface area contributed by atoms with Crippen molar-refractivity contribution in [1.82, 2.24) is 4.90 Å². The number of para-hydroxylation sites is 1. The number of ether oxygens (including phenoxy) is 1. The number of carboxylic acid groups (broad SMARTS) is 1. The van der Waals surface area contributed by atoms with Crippen molar-refractivity contribution in [1.29, 1.82) is 0 Å². The Bertz CT molecular complexity index is 667. The summed E-state index contributed by atoms with van der Waals surface area (Å²) in [4.78, 5) is 28.4. The third-order valence-electron chi connectivity index (χ3n) is 5.18. The van der Waals surface area contributed by atoms with Crippen molar-refractivity contribution in [2.75, 3.05) is 31.1 Å². The summed E-state index contributed by atoms with van der Waals surface area (Å²) in [5.41, 5.74) is 1.15. The van der Waals surface area contributed by atoms with Gasteiger partial charge in [0.05, 0.1) is 18.1 Å². The van der Waals surface area contributed by atoms with E-state index in [1.165, 1.54) is 0 Å². The number of hydrogen-bond donors (Lipinski definition) is 1. The van der Waals surface area contributed by atoms with Gasteiger partial charge in [0.15, 0.2) is 0 Å². The molecule has 24 heavy (non-hydrogen) atoms. The predicted octanol–water partition coefficient (Wildman–Crippen LogP) is 0.989. The van der Waals surface area contributed by atoms with Gasteiger partial charge in [-0.1, -0.05) is 30.4 Å². The molecule has 4 rings (SSSR count). The van der Waals surface area contributed by atoms with E-state index in [4.69, 9.17) is 4.74 Å². The van der Waals surface area contributed by atoms with Crippen LogP contribution in [0.15, 0.2) is 42.5 Å². The van der Waals surface area contributed by atoms with Crippen molar-refractivity contribution < 1.29 is 19.4 Å². The third kappa shape index (κ3) is 2.47. The van der Waals surface area contributed by atoms with Gasteiger partial charge < -0.3 is 19.6 Å². The minimum atomic E-state index is -0.951. The molecule has 3 aliphatic rings. The van der Waals surface area contributed by atoms with E-state index in [1.807, 2.05) is 24.3 Å². The SMILES string of the molecule is O=C(O)[C@@H]1[C@@H](C(=O)N2CCN(c3ccccc3)CC2)[C@H]2C=C[C@@H]1O2. The number of carboxylic acids is 1. The van der Waals surface area contributed by atoms with Crippen molar-refractivity contribution in [2.45, 2.75) is 12.2 Å². The Hall–Kier alpha value is -2.34. The highest BCUT2D eigenvalue weighted by atomic mass is 16.5. The molecular weight excluding hydrogens is 308 g/mol. The van der Waals surface area contributed by atoms with Crippen molar-refractivity contribution >= 4 is 17.6 Å². The molecule has 6 nitrogen and oxygen atoms in total. The van der Waals surface area contributed by atoms with Gasteiger partial charge in [0.1, 0.15) is 5.92 Å². The number of benzene rings is 1. The molecule has 0 aromatic heterocycles. The van der Waals surface area contributed by atoms with Crippen molar-refractivity contribution in [3.63, 3.8) is 0 Å². The number of rotatable bonds is 3. The molecule has 1 aromatic rings. The van der Waals surface area contributed by atoms with Crippen LogP contribution in [-0.4, -0.2) is 60.3 Å². The van der Waals surface area contributed by atoms with Crippen LogP contribution >= 0.6 is 0 Å². The second-order valence-corrected chi connectivity index (χ2v) is 6.49. The van der Waals surface area contributed by atoms with Gasteiger partial charge in [-0.05, 0) is 12.1 Å². The van der Waals surface area contributed by atoms with Gasteiger partial charge in [0.25, 0.3) is 0 Å². The number of anilines is 1. The number of aliphatic carboxylic acids is 1. The van der Waals surface area contributed by atoms with Crippen LogP contribution in [0.1, 0.15) is 0 Å². The summed E-state index contributed by atoms with van der Waals surface area (Å²) in [7, 11) is 0. The molecule has 0 spiro atoms. The number of hydrogen-bond acceptors (Lipinski definition) is 4. The Morgan fingerprint density at radius 1 is 0.958 bits per heavy atom. The lowest BCUT2D eigenvalue weighted by atomic mass is 9.82. The van der Waals surface area contributed by atoms with Crippen LogP contribution in [0.2, 0.25) is 0 Å². The van der Waals surface area contributed by atoms with E-state index >= 15 is 0 Å². The maximum absolute atomic E-state index is 12.9. The van der Waals surface area contributed by atoms with Crippen molar-refractivity contribution in [3.05, 3.63) is 42.5 Å². The van der Waals surface area contributed by atoms with Gasteiger partial charge in [0.2, 0.25) is 5.91 Å². The molecule has 2 saturated heterocycles. The molecule has 2 fully saturated rings. The third-order valence-corrected chi connectivity index (χ3v) is 5.18. The number of fused-ring (bicyclic) bond motifs is 2. The van der Waals surface area contributed by atoms with Gasteiger partial charge in [-0.25, -0.2) is 0 Å². The largest absolute Gasteiger partial charge is 0.481 e. The minimum Gasteiger partial charge on any atom is -0.481 e. The molecule has 0 saturated carbocycles. The lowest BCUT2D eigenvalue weighted by Gasteiger charge is -2.38. The van der Waals surface area contributed by atoms with E-state index in [-0.39, 0.29) is 5.91 Å². The highest BCUT2D eigenvalue weighted by molar-refractivity contribution is 5.87. The molecule has 0 aliphatic carbocycles. The quantitative estimate of drug-likeness (QED) is 0.838. The molecule has 3 aliphatic heterocycles. The Morgan fingerprint density at radius 2 is 1.58 bits per heavy atom. The normalized spacial score (nSPS) is 31.5. The van der Waals surface area contributed by atoms with Gasteiger partial charge in [-0.2, -0.15) is 0 Å². The highest BCUT2D eigenvalue weighted by Crippen LogP contribution is 2.40. The topological polar surface area (TPSA) is 70.1 Å². The molecule has 4 atom stereocenters. The summed E-state index contributed by atoms with van der Waals surface area (Å²) in [6.07, 6.45) is 2.73. The summed E-state index contributed by atoms with van der Waals surface area (Å²) in [5.74, 6) is -2.40. The van der Waals surface area contributed by atoms with Gasteiger partial charge >= 0.3 is 5.97 Å². The molecule has 1 N–H and O–H groups in total. The Balaban J connectivity index is 1.43. The van der Waals surface area contributed by atoms with Crippen LogP contribution in [0.3, 0.4) is 0 Å². The Morgan fingerprint density at radius 3 is 2.21 bits per heavy atom. The van der Waals surface area contributed by atoms with Crippen LogP contribution < -0.4 is 4.90 Å².